The molecule has 5 heterocycles. The van der Waals surface area contributed by atoms with Crippen LogP contribution in [0.15, 0.2) is 29.3 Å². The topological polar surface area (TPSA) is 108 Å². The van der Waals surface area contributed by atoms with Gasteiger partial charge in [-0.2, -0.15) is 17.7 Å². The smallest absolute Gasteiger partial charge is 0.378 e. The minimum Gasteiger partial charge on any atom is -0.378 e. The highest BCUT2D eigenvalue weighted by molar-refractivity contribution is 7.94. The summed E-state index contributed by atoms with van der Waals surface area (Å²) in [5.74, 6) is 1.21. The van der Waals surface area contributed by atoms with Gasteiger partial charge in [0.05, 0.1) is 41.3 Å². The predicted octanol–water partition coefficient (Wildman–Crippen LogP) is 3.23. The number of benzene rings is 1. The van der Waals surface area contributed by atoms with Crippen LogP contribution in [0.2, 0.25) is 0 Å². The van der Waals surface area contributed by atoms with E-state index in [9.17, 15) is 21.6 Å². The first-order valence-corrected chi connectivity index (χ1v) is 15.4. The molecule has 226 valence electrons. The van der Waals surface area contributed by atoms with Gasteiger partial charge in [0.2, 0.25) is 0 Å². The number of fused-ring (bicyclic) bond motifs is 1. The number of hydrogen-bond acceptors (Lipinski definition) is 9. The molecule has 3 aliphatic heterocycles. The number of ether oxygens (including phenoxy) is 1. The standard InChI is InChI=1S/C27H33F3N8O3S/c1-18-24(38-25(32-18)22(31-17-35(2)3)13-23(34-38)37-8-10-41-11-9-37)33-21-6-4-5-20(27(28,29)30)19(21)14-36-15-26(16-36)7-12-42(26,39)40/h4-6,13,17,33H,7-12,14-16H2,1-3H3. The van der Waals surface area contributed by atoms with E-state index in [0.29, 0.717) is 61.4 Å². The van der Waals surface area contributed by atoms with E-state index in [1.165, 1.54) is 6.07 Å². The first kappa shape index (κ1) is 28.7. The average Bonchev–Trinajstić information content (AvgIpc) is 3.23. The van der Waals surface area contributed by atoms with Crippen LogP contribution < -0.4 is 10.2 Å². The van der Waals surface area contributed by atoms with Crippen molar-refractivity contribution in [3.8, 4) is 0 Å². The van der Waals surface area contributed by atoms with Crippen LogP contribution in [-0.4, -0.2) is 103 Å². The number of hydrogen-bond donors (Lipinski definition) is 1. The molecular formula is C27H33F3N8O3S. The number of nitrogens with one attached hydrogen (secondary N) is 1. The zero-order valence-electron chi connectivity index (χ0n) is 23.6. The molecule has 3 saturated heterocycles. The fourth-order valence-corrected chi connectivity index (χ4v) is 7.62. The average molecular weight is 607 g/mol. The van der Waals surface area contributed by atoms with Crippen molar-refractivity contribution in [1.82, 2.24) is 24.4 Å². The lowest BCUT2D eigenvalue weighted by molar-refractivity contribution is -0.138. The maximum atomic E-state index is 14.2. The molecule has 2 aromatic heterocycles. The van der Waals surface area contributed by atoms with Gasteiger partial charge in [0.15, 0.2) is 27.1 Å². The van der Waals surface area contributed by atoms with E-state index < -0.39 is 26.3 Å². The second-order valence-corrected chi connectivity index (χ2v) is 13.8. The van der Waals surface area contributed by atoms with Gasteiger partial charge in [0.25, 0.3) is 0 Å². The molecule has 1 N–H and O–H groups in total. The fourth-order valence-electron chi connectivity index (χ4n) is 5.75. The van der Waals surface area contributed by atoms with Gasteiger partial charge in [0, 0.05) is 64.1 Å². The van der Waals surface area contributed by atoms with Crippen molar-refractivity contribution in [2.75, 3.05) is 69.5 Å². The Bertz CT molecular complexity index is 1640. The number of likely N-dealkylation sites (tertiary alicyclic amines) is 1. The van der Waals surface area contributed by atoms with E-state index in [1.807, 2.05) is 20.2 Å². The van der Waals surface area contributed by atoms with Crippen LogP contribution in [0.5, 0.6) is 0 Å². The number of aromatic nitrogens is 3. The first-order chi connectivity index (χ1) is 19.9. The van der Waals surface area contributed by atoms with Crippen molar-refractivity contribution in [1.29, 1.82) is 0 Å². The van der Waals surface area contributed by atoms with E-state index in [1.54, 1.807) is 33.6 Å². The van der Waals surface area contributed by atoms with Crippen LogP contribution in [0, 0.1) is 6.92 Å². The van der Waals surface area contributed by atoms with E-state index >= 15 is 0 Å². The van der Waals surface area contributed by atoms with Crippen molar-refractivity contribution in [3.05, 3.63) is 41.1 Å². The first-order valence-electron chi connectivity index (χ1n) is 13.7. The Balaban J connectivity index is 1.40. The number of rotatable bonds is 7. The van der Waals surface area contributed by atoms with Gasteiger partial charge >= 0.3 is 6.18 Å². The van der Waals surface area contributed by atoms with Crippen molar-refractivity contribution < 1.29 is 26.3 Å². The number of sulfone groups is 1. The van der Waals surface area contributed by atoms with Gasteiger partial charge in [-0.1, -0.05) is 6.07 Å². The molecular weight excluding hydrogens is 573 g/mol. The molecule has 3 aliphatic rings. The Kier molecular flexibility index (Phi) is 7.09. The molecule has 11 nitrogen and oxygen atoms in total. The van der Waals surface area contributed by atoms with Crippen molar-refractivity contribution in [2.24, 2.45) is 4.99 Å². The van der Waals surface area contributed by atoms with Gasteiger partial charge in [-0.05, 0) is 25.5 Å². The van der Waals surface area contributed by atoms with Gasteiger partial charge < -0.3 is 19.9 Å². The fraction of sp³-hybridized carbons (Fsp3) is 0.519. The van der Waals surface area contributed by atoms with Crippen molar-refractivity contribution in [3.63, 3.8) is 0 Å². The summed E-state index contributed by atoms with van der Waals surface area (Å²) < 4.78 is 73.5. The largest absolute Gasteiger partial charge is 0.416 e. The third-order valence-corrected chi connectivity index (χ3v) is 10.6. The number of halogens is 3. The third-order valence-electron chi connectivity index (χ3n) is 8.11. The van der Waals surface area contributed by atoms with Crippen LogP contribution in [0.25, 0.3) is 5.65 Å². The lowest BCUT2D eigenvalue weighted by Crippen LogP contribution is -2.71. The van der Waals surface area contributed by atoms with E-state index in [4.69, 9.17) is 9.84 Å². The van der Waals surface area contributed by atoms with Gasteiger partial charge in [0.1, 0.15) is 5.69 Å². The molecule has 6 rings (SSSR count). The SMILES string of the molecule is Cc1nc2c(N=CN(C)C)cc(N3CCOCC3)nn2c1Nc1cccc(C(F)(F)F)c1CN1CC2(CCS2(=O)=O)C1. The van der Waals surface area contributed by atoms with Crippen molar-refractivity contribution in [2.45, 2.75) is 30.8 Å². The van der Waals surface area contributed by atoms with Crippen LogP contribution in [0.1, 0.15) is 23.2 Å². The molecule has 3 fully saturated rings. The zero-order chi connectivity index (χ0) is 29.9. The van der Waals surface area contributed by atoms with E-state index in [2.05, 4.69) is 20.2 Å². The minimum atomic E-state index is -4.59. The van der Waals surface area contributed by atoms with E-state index in [0.717, 1.165) is 6.07 Å². The summed E-state index contributed by atoms with van der Waals surface area (Å²) in [6, 6.07) is 5.86. The molecule has 3 aromatic rings. The number of nitrogens with zero attached hydrogens (tertiary/aromatic N) is 7. The summed E-state index contributed by atoms with van der Waals surface area (Å²) in [5.41, 5.74) is 1.08. The van der Waals surface area contributed by atoms with Crippen LogP contribution in [0.3, 0.4) is 0 Å². The molecule has 42 heavy (non-hydrogen) atoms. The summed E-state index contributed by atoms with van der Waals surface area (Å²) in [7, 11) is 0.519. The highest BCUT2D eigenvalue weighted by Gasteiger charge is 2.59. The maximum absolute atomic E-state index is 14.2. The van der Waals surface area contributed by atoms with Crippen LogP contribution >= 0.6 is 0 Å². The number of anilines is 3. The molecule has 0 aliphatic carbocycles. The van der Waals surface area contributed by atoms with Gasteiger partial charge in [-0.15, -0.1) is 5.10 Å². The Hall–Kier alpha value is -3.43. The predicted molar refractivity (Wildman–Crippen MR) is 154 cm³/mol. The molecule has 1 spiro atoms. The molecule has 0 atom stereocenters. The van der Waals surface area contributed by atoms with Crippen LogP contribution in [-0.2, 0) is 27.3 Å². The number of imidazole rings is 1. The Morgan fingerprint density at radius 3 is 2.57 bits per heavy atom. The highest BCUT2D eigenvalue weighted by atomic mass is 32.2. The Labute approximate surface area is 241 Å². The zero-order valence-corrected chi connectivity index (χ0v) is 24.5. The Morgan fingerprint density at radius 1 is 1.21 bits per heavy atom. The summed E-state index contributed by atoms with van der Waals surface area (Å²) in [6.07, 6.45) is -2.39. The normalized spacial score (nSPS) is 20.2. The van der Waals surface area contributed by atoms with Crippen LogP contribution in [0.4, 0.5) is 36.2 Å². The molecule has 0 unspecified atom stereocenters. The summed E-state index contributed by atoms with van der Waals surface area (Å²) >= 11 is 0. The highest BCUT2D eigenvalue weighted by Crippen LogP contribution is 2.44. The summed E-state index contributed by atoms with van der Waals surface area (Å²) in [6.45, 7) is 4.55. The van der Waals surface area contributed by atoms with E-state index in [-0.39, 0.29) is 36.6 Å². The Morgan fingerprint density at radius 2 is 1.95 bits per heavy atom. The van der Waals surface area contributed by atoms with Gasteiger partial charge in [-0.3, -0.25) is 4.90 Å². The molecule has 0 bridgehead atoms. The molecule has 0 saturated carbocycles. The number of morpholine rings is 1. The molecule has 0 amide bonds. The molecule has 0 radical (unpaired) electrons. The summed E-state index contributed by atoms with van der Waals surface area (Å²) in [5, 5.41) is 8.03. The third kappa shape index (κ3) is 5.07. The maximum Gasteiger partial charge on any atom is 0.416 e. The summed E-state index contributed by atoms with van der Waals surface area (Å²) in [4.78, 5) is 14.9. The minimum absolute atomic E-state index is 0.0427. The van der Waals surface area contributed by atoms with Gasteiger partial charge in [-0.25, -0.2) is 18.4 Å². The number of aryl methyl sites for hydroxylation is 1. The number of aliphatic imine (C=N–C) groups is 1. The monoisotopic (exact) mass is 606 g/mol. The lowest BCUT2D eigenvalue weighted by Gasteiger charge is -2.54. The molecule has 1 aromatic carbocycles. The second kappa shape index (κ2) is 10.4. The second-order valence-electron chi connectivity index (χ2n) is 11.3. The number of alkyl halides is 3. The van der Waals surface area contributed by atoms with Crippen molar-refractivity contribution >= 4 is 44.8 Å². The lowest BCUT2D eigenvalue weighted by atomic mass is 9.93. The quantitative estimate of drug-likeness (QED) is 0.321. The molecule has 15 heteroatoms.